The van der Waals surface area contributed by atoms with Crippen LogP contribution in [-0.2, 0) is 7.05 Å². The Labute approximate surface area is 182 Å². The van der Waals surface area contributed by atoms with Gasteiger partial charge in [0.05, 0.1) is 12.0 Å². The van der Waals surface area contributed by atoms with E-state index in [1.807, 2.05) is 19.2 Å². The Morgan fingerprint density at radius 1 is 1.22 bits per heavy atom. The molecule has 0 aliphatic heterocycles. The number of imidazole rings is 1. The second-order valence-corrected chi connectivity index (χ2v) is 6.88. The average molecular weight is 433 g/mol. The average Bonchev–Trinajstić information content (AvgIpc) is 3.49. The summed E-state index contributed by atoms with van der Waals surface area (Å²) < 4.78 is 8.28. The second kappa shape index (κ2) is 8.68. The first-order chi connectivity index (χ1) is 15.5. The minimum Gasteiger partial charge on any atom is -0.497 e. The third kappa shape index (κ3) is 4.03. The van der Waals surface area contributed by atoms with Crippen LogP contribution in [-0.4, -0.2) is 42.3 Å². The molecule has 11 nitrogen and oxygen atoms in total. The molecule has 1 amide bonds. The Hall–Kier alpha value is -4.54. The Bertz CT molecular complexity index is 1250. The van der Waals surface area contributed by atoms with Crippen molar-refractivity contribution in [3.05, 3.63) is 94.6 Å². The number of nitrogens with zero attached hydrogens (tertiary/aromatic N) is 6. The zero-order valence-electron chi connectivity index (χ0n) is 17.2. The molecule has 11 heteroatoms. The van der Waals surface area contributed by atoms with Gasteiger partial charge in [-0.1, -0.05) is 12.1 Å². The molecule has 162 valence electrons. The minimum atomic E-state index is -0.581. The lowest BCUT2D eigenvalue weighted by Gasteiger charge is -2.19. The smallest absolute Gasteiger partial charge is 0.295 e. The maximum atomic E-state index is 13.1. The highest BCUT2D eigenvalue weighted by atomic mass is 16.6. The van der Waals surface area contributed by atoms with Crippen LogP contribution in [0.3, 0.4) is 0 Å². The molecule has 0 fully saturated rings. The summed E-state index contributed by atoms with van der Waals surface area (Å²) in [5, 5.41) is 18.5. The molecule has 2 aromatic carbocycles. The number of carbonyl (C=O) groups is 1. The van der Waals surface area contributed by atoms with E-state index in [-0.39, 0.29) is 16.9 Å². The Kier molecular flexibility index (Phi) is 5.62. The number of methoxy groups -OCH3 is 1. The standard InChI is InChI=1S/C21H19N7O4/c1-26-10-9-23-20(26)19(14-3-6-16(32-2)7-4-14)25-21(29)15-5-8-17(18(11-15)28(30)31)27-13-22-12-24-27/h3-13,19H,1-2H3,(H,25,29). The van der Waals surface area contributed by atoms with Gasteiger partial charge in [0.1, 0.15) is 36.0 Å². The molecule has 4 aromatic rings. The molecule has 0 saturated heterocycles. The predicted octanol–water partition coefficient (Wildman–Crippen LogP) is 2.44. The lowest BCUT2D eigenvalue weighted by molar-refractivity contribution is -0.384. The van der Waals surface area contributed by atoms with E-state index in [1.54, 1.807) is 36.2 Å². The predicted molar refractivity (Wildman–Crippen MR) is 114 cm³/mol. The molecule has 0 radical (unpaired) electrons. The maximum absolute atomic E-state index is 13.1. The van der Waals surface area contributed by atoms with Gasteiger partial charge < -0.3 is 14.6 Å². The van der Waals surface area contributed by atoms with Crippen molar-refractivity contribution in [3.8, 4) is 11.4 Å². The largest absolute Gasteiger partial charge is 0.497 e. The first-order valence-electron chi connectivity index (χ1n) is 9.53. The number of nitro benzene ring substituents is 1. The van der Waals surface area contributed by atoms with Crippen LogP contribution in [0, 0.1) is 10.1 Å². The van der Waals surface area contributed by atoms with E-state index in [2.05, 4.69) is 20.4 Å². The molecule has 0 spiro atoms. The van der Waals surface area contributed by atoms with Gasteiger partial charge in [-0.05, 0) is 29.8 Å². The van der Waals surface area contributed by atoms with Crippen LogP contribution in [0.1, 0.15) is 27.8 Å². The highest BCUT2D eigenvalue weighted by Crippen LogP contribution is 2.26. The summed E-state index contributed by atoms with van der Waals surface area (Å²) in [6.07, 6.45) is 6.03. The zero-order valence-corrected chi connectivity index (χ0v) is 17.2. The fourth-order valence-electron chi connectivity index (χ4n) is 3.30. The molecule has 0 saturated carbocycles. The normalized spacial score (nSPS) is 11.7. The van der Waals surface area contributed by atoms with Gasteiger partial charge in [-0.2, -0.15) is 5.10 Å². The SMILES string of the molecule is COc1ccc(C(NC(=O)c2ccc(-n3cncn3)c([N+](=O)[O-])c2)c2nccn2C)cc1. The molecule has 1 atom stereocenters. The van der Waals surface area contributed by atoms with E-state index in [0.717, 1.165) is 5.56 Å². The summed E-state index contributed by atoms with van der Waals surface area (Å²) in [5.41, 5.74) is 0.858. The van der Waals surface area contributed by atoms with Gasteiger partial charge in [0, 0.05) is 31.1 Å². The van der Waals surface area contributed by atoms with Gasteiger partial charge in [0.15, 0.2) is 0 Å². The van der Waals surface area contributed by atoms with Gasteiger partial charge in [-0.15, -0.1) is 0 Å². The first kappa shape index (κ1) is 20.7. The third-order valence-electron chi connectivity index (χ3n) is 4.94. The van der Waals surface area contributed by atoms with Gasteiger partial charge in [0.2, 0.25) is 0 Å². The van der Waals surface area contributed by atoms with Gasteiger partial charge >= 0.3 is 0 Å². The minimum absolute atomic E-state index is 0.133. The monoisotopic (exact) mass is 433 g/mol. The fraction of sp³-hybridized carbons (Fsp3) is 0.143. The van der Waals surface area contributed by atoms with Crippen molar-refractivity contribution < 1.29 is 14.5 Å². The van der Waals surface area contributed by atoms with Crippen LogP contribution in [0.25, 0.3) is 5.69 Å². The molecule has 4 rings (SSSR count). The van der Waals surface area contributed by atoms with Crippen LogP contribution < -0.4 is 10.1 Å². The molecule has 1 N–H and O–H groups in total. The molecule has 32 heavy (non-hydrogen) atoms. The van der Waals surface area contributed by atoms with E-state index >= 15 is 0 Å². The highest BCUT2D eigenvalue weighted by Gasteiger charge is 2.24. The van der Waals surface area contributed by atoms with E-state index in [9.17, 15) is 14.9 Å². The molecule has 2 heterocycles. The van der Waals surface area contributed by atoms with Crippen LogP contribution in [0.2, 0.25) is 0 Å². The zero-order chi connectivity index (χ0) is 22.7. The van der Waals surface area contributed by atoms with Gasteiger partial charge in [-0.25, -0.2) is 14.6 Å². The number of hydrogen-bond donors (Lipinski definition) is 1. The third-order valence-corrected chi connectivity index (χ3v) is 4.94. The number of rotatable bonds is 7. The topological polar surface area (TPSA) is 130 Å². The molecular formula is C21H19N7O4. The molecular weight excluding hydrogens is 414 g/mol. The van der Waals surface area contributed by atoms with Crippen molar-refractivity contribution in [2.75, 3.05) is 7.11 Å². The van der Waals surface area contributed by atoms with E-state index in [1.165, 1.54) is 35.5 Å². The number of aryl methyl sites for hydroxylation is 1. The van der Waals surface area contributed by atoms with Crippen molar-refractivity contribution in [1.82, 2.24) is 29.6 Å². The summed E-state index contributed by atoms with van der Waals surface area (Å²) in [7, 11) is 3.39. The van der Waals surface area contributed by atoms with Crippen LogP contribution in [0.15, 0.2) is 67.5 Å². The van der Waals surface area contributed by atoms with E-state index < -0.39 is 16.9 Å². The van der Waals surface area contributed by atoms with Gasteiger partial charge in [-0.3, -0.25) is 14.9 Å². The summed E-state index contributed by atoms with van der Waals surface area (Å²) >= 11 is 0. The molecule has 0 bridgehead atoms. The number of nitro groups is 1. The fourth-order valence-corrected chi connectivity index (χ4v) is 3.30. The first-order valence-corrected chi connectivity index (χ1v) is 9.53. The lowest BCUT2D eigenvalue weighted by Crippen LogP contribution is -2.31. The summed E-state index contributed by atoms with van der Waals surface area (Å²) in [6.45, 7) is 0. The lowest BCUT2D eigenvalue weighted by atomic mass is 10.0. The quantitative estimate of drug-likeness (QED) is 0.350. The molecule has 0 aliphatic carbocycles. The van der Waals surface area contributed by atoms with Crippen molar-refractivity contribution in [3.63, 3.8) is 0 Å². The Morgan fingerprint density at radius 2 is 2.00 bits per heavy atom. The number of carbonyl (C=O) groups excluding carboxylic acids is 1. The Morgan fingerprint density at radius 3 is 2.59 bits per heavy atom. The number of amides is 1. The number of hydrogen-bond acceptors (Lipinski definition) is 7. The van der Waals surface area contributed by atoms with Gasteiger partial charge in [0.25, 0.3) is 11.6 Å². The van der Waals surface area contributed by atoms with Crippen LogP contribution in [0.5, 0.6) is 5.75 Å². The maximum Gasteiger partial charge on any atom is 0.295 e. The number of aromatic nitrogens is 5. The number of benzene rings is 2. The highest BCUT2D eigenvalue weighted by molar-refractivity contribution is 5.95. The van der Waals surface area contributed by atoms with Crippen molar-refractivity contribution in [1.29, 1.82) is 0 Å². The number of nitrogens with one attached hydrogen (secondary N) is 1. The summed E-state index contributed by atoms with van der Waals surface area (Å²) in [4.78, 5) is 32.3. The van der Waals surface area contributed by atoms with E-state index in [4.69, 9.17) is 4.74 Å². The van der Waals surface area contributed by atoms with Crippen molar-refractivity contribution in [2.24, 2.45) is 7.05 Å². The summed E-state index contributed by atoms with van der Waals surface area (Å²) in [5.74, 6) is 0.803. The van der Waals surface area contributed by atoms with Crippen LogP contribution in [0.4, 0.5) is 5.69 Å². The van der Waals surface area contributed by atoms with Crippen molar-refractivity contribution >= 4 is 11.6 Å². The van der Waals surface area contributed by atoms with E-state index in [0.29, 0.717) is 11.6 Å². The van der Waals surface area contributed by atoms with Crippen molar-refractivity contribution in [2.45, 2.75) is 6.04 Å². The molecule has 0 aliphatic rings. The van der Waals surface area contributed by atoms with Crippen LogP contribution >= 0.6 is 0 Å². The molecule has 2 aromatic heterocycles. The Balaban J connectivity index is 1.68. The number of ether oxygens (including phenoxy) is 1. The summed E-state index contributed by atoms with van der Waals surface area (Å²) in [6, 6.07) is 10.8. The molecule has 1 unspecified atom stereocenters. The second-order valence-electron chi connectivity index (χ2n) is 6.88.